The topological polar surface area (TPSA) is 137 Å². The fourth-order valence-corrected chi connectivity index (χ4v) is 5.49. The molecule has 3 heterocycles. The molecule has 3 aromatic rings. The highest BCUT2D eigenvalue weighted by molar-refractivity contribution is 6.08. The van der Waals surface area contributed by atoms with Crippen molar-refractivity contribution in [2.24, 2.45) is 11.8 Å². The van der Waals surface area contributed by atoms with Crippen LogP contribution in [0.4, 0.5) is 18.9 Å². The van der Waals surface area contributed by atoms with E-state index in [1.807, 2.05) is 6.07 Å². The standard InChI is InChI=1S/C31H29F3N6O5.C4H10/c1-38(16-24(41)39-15-19(11-21(39)14-35)29(43)36-20-5-3-2-4-6-20)30(44)18-12-23-26(28(42)31(32,33)34)27(17-7-8-17)37-40(23)25(13-18)45-22-9-10-22;1-4(2)3/h2-6,12-13,17,19,21-22H,7-11,15-16H2,1H3,(H,36,43);4H,1-3H3. The number of ketones is 1. The number of likely N-dealkylation sites (N-methyl/N-ethyl adjacent to an activating group) is 1. The summed E-state index contributed by atoms with van der Waals surface area (Å²) >= 11 is 0. The van der Waals surface area contributed by atoms with Gasteiger partial charge >= 0.3 is 6.18 Å². The highest BCUT2D eigenvalue weighted by Gasteiger charge is 2.45. The van der Waals surface area contributed by atoms with Crippen molar-refractivity contribution >= 4 is 34.7 Å². The lowest BCUT2D eigenvalue weighted by atomic mass is 10.0. The Labute approximate surface area is 282 Å². The Morgan fingerprint density at radius 1 is 1.08 bits per heavy atom. The van der Waals surface area contributed by atoms with E-state index in [0.29, 0.717) is 18.5 Å². The predicted molar refractivity (Wildman–Crippen MR) is 173 cm³/mol. The predicted octanol–water partition coefficient (Wildman–Crippen LogP) is 5.61. The van der Waals surface area contributed by atoms with Gasteiger partial charge in [-0.15, -0.1) is 0 Å². The summed E-state index contributed by atoms with van der Waals surface area (Å²) in [6.07, 6.45) is -2.61. The maximum atomic E-state index is 13.7. The first-order valence-electron chi connectivity index (χ1n) is 16.3. The molecule has 3 aliphatic rings. The Morgan fingerprint density at radius 2 is 1.73 bits per heavy atom. The number of halogens is 3. The van der Waals surface area contributed by atoms with Gasteiger partial charge in [-0.1, -0.05) is 39.0 Å². The summed E-state index contributed by atoms with van der Waals surface area (Å²) < 4.78 is 48.1. The van der Waals surface area contributed by atoms with Crippen LogP contribution in [0.25, 0.3) is 5.52 Å². The Bertz CT molecular complexity index is 1770. The van der Waals surface area contributed by atoms with Crippen molar-refractivity contribution in [2.75, 3.05) is 25.5 Å². The molecule has 2 saturated carbocycles. The van der Waals surface area contributed by atoms with Crippen molar-refractivity contribution in [1.29, 1.82) is 5.26 Å². The number of aromatic nitrogens is 2. The molecule has 0 radical (unpaired) electrons. The first-order chi connectivity index (χ1) is 23.2. The van der Waals surface area contributed by atoms with Crippen LogP contribution in [0, 0.1) is 23.2 Å². The van der Waals surface area contributed by atoms with Crippen LogP contribution in [0.2, 0.25) is 0 Å². The number of likely N-dealkylation sites (tertiary alicyclic amines) is 1. The SMILES string of the molecule is CC(C)C.CN(CC(=O)N1CC(C(=O)Nc2ccccc2)CC1C#N)C(=O)c1cc(OC2CC2)n2nc(C3CC3)c(C(=O)C(F)(F)F)c2c1. The molecule has 0 bridgehead atoms. The number of Topliss-reactive ketones (excluding diaryl/α,β-unsaturated/α-hetero) is 1. The number of benzene rings is 1. The normalized spacial score (nSPS) is 18.8. The average Bonchev–Trinajstić information content (AvgIpc) is 3.98. The van der Waals surface area contributed by atoms with Crippen LogP contribution in [-0.2, 0) is 9.59 Å². The number of hydrogen-bond acceptors (Lipinski definition) is 7. The summed E-state index contributed by atoms with van der Waals surface area (Å²) in [5.41, 5.74) is -0.293. The summed E-state index contributed by atoms with van der Waals surface area (Å²) in [6.45, 7) is 6.01. The number of ether oxygens (including phenoxy) is 1. The number of rotatable bonds is 9. The van der Waals surface area contributed by atoms with Gasteiger partial charge in [0.2, 0.25) is 17.7 Å². The van der Waals surface area contributed by atoms with Crippen LogP contribution < -0.4 is 10.1 Å². The number of nitrogens with one attached hydrogen (secondary N) is 1. The molecular weight excluding hydrogens is 641 g/mol. The van der Waals surface area contributed by atoms with E-state index in [4.69, 9.17) is 4.74 Å². The molecule has 3 amide bonds. The first kappa shape index (κ1) is 35.4. The second-order valence-corrected chi connectivity index (χ2v) is 13.4. The number of amides is 3. The number of fused-ring (bicyclic) bond motifs is 1. The molecule has 3 fully saturated rings. The quantitative estimate of drug-likeness (QED) is 0.290. The lowest BCUT2D eigenvalue weighted by Crippen LogP contribution is -2.43. The third-order valence-electron chi connectivity index (χ3n) is 8.14. The second kappa shape index (κ2) is 14.3. The van der Waals surface area contributed by atoms with Gasteiger partial charge in [-0.3, -0.25) is 19.2 Å². The third kappa shape index (κ3) is 8.39. The number of nitriles is 1. The zero-order valence-electron chi connectivity index (χ0n) is 27.8. The van der Waals surface area contributed by atoms with Gasteiger partial charge in [0.1, 0.15) is 12.1 Å². The highest BCUT2D eigenvalue weighted by Crippen LogP contribution is 2.44. The molecule has 260 valence electrons. The van der Waals surface area contributed by atoms with Crippen molar-refractivity contribution in [3.05, 3.63) is 59.3 Å². The fraction of sp³-hybridized carbons (Fsp3) is 0.486. The molecule has 2 atom stereocenters. The van der Waals surface area contributed by atoms with Crippen molar-refractivity contribution in [1.82, 2.24) is 19.4 Å². The van der Waals surface area contributed by atoms with Gasteiger partial charge < -0.3 is 19.9 Å². The summed E-state index contributed by atoms with van der Waals surface area (Å²) in [7, 11) is 1.34. The summed E-state index contributed by atoms with van der Waals surface area (Å²) in [5.74, 6) is -3.76. The van der Waals surface area contributed by atoms with Crippen molar-refractivity contribution in [3.63, 3.8) is 0 Å². The Hall–Kier alpha value is -4.93. The van der Waals surface area contributed by atoms with Gasteiger partial charge in [-0.2, -0.15) is 28.0 Å². The lowest BCUT2D eigenvalue weighted by Gasteiger charge is -2.24. The third-order valence-corrected chi connectivity index (χ3v) is 8.14. The maximum Gasteiger partial charge on any atom is 0.455 e. The van der Waals surface area contributed by atoms with E-state index in [1.54, 1.807) is 30.3 Å². The second-order valence-electron chi connectivity index (χ2n) is 13.4. The summed E-state index contributed by atoms with van der Waals surface area (Å²) in [6, 6.07) is 12.4. The van der Waals surface area contributed by atoms with Crippen molar-refractivity contribution < 1.29 is 37.1 Å². The Balaban J connectivity index is 0.00000111. The van der Waals surface area contributed by atoms with E-state index >= 15 is 0 Å². The van der Waals surface area contributed by atoms with E-state index in [1.165, 1.54) is 24.1 Å². The number of carbonyl (C=O) groups excluding carboxylic acids is 4. The Kier molecular flexibility index (Phi) is 10.3. The Morgan fingerprint density at radius 3 is 2.31 bits per heavy atom. The minimum absolute atomic E-state index is 0.0218. The van der Waals surface area contributed by atoms with Gasteiger partial charge in [-0.25, -0.2) is 0 Å². The van der Waals surface area contributed by atoms with Crippen LogP contribution in [0.3, 0.4) is 0 Å². The van der Waals surface area contributed by atoms with E-state index in [2.05, 4.69) is 31.2 Å². The number of hydrogen-bond donors (Lipinski definition) is 1. The zero-order valence-corrected chi connectivity index (χ0v) is 27.8. The van der Waals surface area contributed by atoms with Crippen LogP contribution in [0.1, 0.15) is 85.2 Å². The van der Waals surface area contributed by atoms with Crippen molar-refractivity contribution in [3.8, 4) is 11.9 Å². The minimum atomic E-state index is -5.16. The lowest BCUT2D eigenvalue weighted by molar-refractivity contribution is -0.131. The van der Waals surface area contributed by atoms with Gasteiger partial charge in [-0.05, 0) is 56.2 Å². The maximum absolute atomic E-state index is 13.7. The molecule has 1 aromatic carbocycles. The van der Waals surface area contributed by atoms with Crippen LogP contribution in [0.5, 0.6) is 5.88 Å². The van der Waals surface area contributed by atoms with E-state index < -0.39 is 47.8 Å². The van der Waals surface area contributed by atoms with Crippen molar-refractivity contribution in [2.45, 2.75) is 77.1 Å². The molecule has 11 nitrogen and oxygen atoms in total. The van der Waals surface area contributed by atoms with Gasteiger partial charge in [0.05, 0.1) is 35.3 Å². The van der Waals surface area contributed by atoms with Gasteiger partial charge in [0, 0.05) is 36.8 Å². The van der Waals surface area contributed by atoms with Gasteiger partial charge in [0.15, 0.2) is 0 Å². The number of nitrogens with zero attached hydrogens (tertiary/aromatic N) is 5. The average molecular weight is 681 g/mol. The highest BCUT2D eigenvalue weighted by atomic mass is 19.4. The molecule has 2 aliphatic carbocycles. The van der Waals surface area contributed by atoms with E-state index in [-0.39, 0.29) is 53.5 Å². The minimum Gasteiger partial charge on any atom is -0.474 e. The van der Waals surface area contributed by atoms with Crippen LogP contribution >= 0.6 is 0 Å². The zero-order chi connectivity index (χ0) is 35.6. The smallest absolute Gasteiger partial charge is 0.455 e. The number of carbonyl (C=O) groups is 4. The molecule has 49 heavy (non-hydrogen) atoms. The monoisotopic (exact) mass is 680 g/mol. The number of alkyl halides is 3. The van der Waals surface area contributed by atoms with Gasteiger partial charge in [0.25, 0.3) is 11.7 Å². The van der Waals surface area contributed by atoms with E-state index in [9.17, 15) is 37.6 Å². The molecule has 2 aromatic heterocycles. The molecule has 1 aliphatic heterocycles. The summed E-state index contributed by atoms with van der Waals surface area (Å²) in [5, 5.41) is 16.8. The van der Waals surface area contributed by atoms with Crippen LogP contribution in [0.15, 0.2) is 42.5 Å². The molecular formula is C35H39F3N6O5. The molecule has 0 spiro atoms. The largest absolute Gasteiger partial charge is 0.474 e. The summed E-state index contributed by atoms with van der Waals surface area (Å²) in [4.78, 5) is 54.6. The number of para-hydroxylation sites is 1. The molecule has 6 rings (SSSR count). The molecule has 1 saturated heterocycles. The molecule has 2 unspecified atom stereocenters. The molecule has 14 heteroatoms. The molecule has 1 N–H and O–H groups in total. The fourth-order valence-electron chi connectivity index (χ4n) is 5.49. The number of pyridine rings is 1. The first-order valence-corrected chi connectivity index (χ1v) is 16.3. The number of anilines is 1. The van der Waals surface area contributed by atoms with Crippen LogP contribution in [-0.4, -0.2) is 81.4 Å². The van der Waals surface area contributed by atoms with E-state index in [0.717, 1.165) is 28.2 Å².